The van der Waals surface area contributed by atoms with Crippen LogP contribution in [0.1, 0.15) is 38.8 Å². The van der Waals surface area contributed by atoms with E-state index in [4.69, 9.17) is 14.7 Å². The summed E-state index contributed by atoms with van der Waals surface area (Å²) in [6, 6.07) is 47.0. The minimum atomic E-state index is -0.322. The van der Waals surface area contributed by atoms with Crippen molar-refractivity contribution < 1.29 is 4.74 Å². The van der Waals surface area contributed by atoms with Gasteiger partial charge in [-0.25, -0.2) is 9.97 Å². The number of nitrogens with zero attached hydrogens (tertiary/aromatic N) is 6. The summed E-state index contributed by atoms with van der Waals surface area (Å²) in [7, 11) is 0. The van der Waals surface area contributed by atoms with Crippen LogP contribution in [0.3, 0.4) is 0 Å². The molecule has 6 aromatic carbocycles. The molecule has 0 radical (unpaired) electrons. The number of ether oxygens (including phenoxy) is 1. The highest BCUT2D eigenvalue weighted by molar-refractivity contribution is 5.94. The van der Waals surface area contributed by atoms with E-state index in [1.807, 2.05) is 12.1 Å². The molecule has 0 unspecified atom stereocenters. The van der Waals surface area contributed by atoms with Crippen molar-refractivity contribution in [2.75, 3.05) is 0 Å². The van der Waals surface area contributed by atoms with Crippen LogP contribution < -0.4 is 4.74 Å². The largest absolute Gasteiger partial charge is 0.455 e. The van der Waals surface area contributed by atoms with E-state index in [0.29, 0.717) is 0 Å². The molecule has 1 aliphatic rings. The maximum atomic E-state index is 7.21. The average Bonchev–Trinajstić information content (AvgIpc) is 3.87. The van der Waals surface area contributed by atoms with E-state index in [-0.39, 0.29) is 10.8 Å². The molecule has 10 aromatic rings. The molecule has 51 heavy (non-hydrogen) atoms. The van der Waals surface area contributed by atoms with Crippen LogP contribution in [-0.4, -0.2) is 27.9 Å². The number of hydrogen-bond donors (Lipinski definition) is 0. The van der Waals surface area contributed by atoms with Crippen molar-refractivity contribution in [3.63, 3.8) is 0 Å². The Balaban J connectivity index is 1.17. The predicted molar refractivity (Wildman–Crippen MR) is 205 cm³/mol. The Morgan fingerprint density at radius 1 is 0.471 bits per heavy atom. The molecule has 11 rings (SSSR count). The van der Waals surface area contributed by atoms with Gasteiger partial charge in [-0.15, -0.1) is 0 Å². The maximum Gasteiger partial charge on any atom is 0.220 e. The number of benzene rings is 6. The molecule has 0 aliphatic carbocycles. The summed E-state index contributed by atoms with van der Waals surface area (Å²) >= 11 is 0. The van der Waals surface area contributed by atoms with Gasteiger partial charge < -0.3 is 4.74 Å². The van der Waals surface area contributed by atoms with E-state index in [0.717, 1.165) is 89.7 Å². The van der Waals surface area contributed by atoms with Gasteiger partial charge >= 0.3 is 0 Å². The highest BCUT2D eigenvalue weighted by Crippen LogP contribution is 2.55. The molecule has 0 spiro atoms. The van der Waals surface area contributed by atoms with Gasteiger partial charge in [-0.05, 0) is 72.8 Å². The molecule has 0 bridgehead atoms. The molecule has 1 aliphatic heterocycles. The summed E-state index contributed by atoms with van der Waals surface area (Å²) in [6.07, 6.45) is 0. The lowest BCUT2D eigenvalue weighted by Crippen LogP contribution is -2.39. The number of hydrogen-bond acceptors (Lipinski definition) is 3. The fraction of sp³-hybridized carbons (Fsp3) is 0.136. The highest BCUT2D eigenvalue weighted by Gasteiger charge is 2.46. The lowest BCUT2D eigenvalue weighted by molar-refractivity contribution is 0.306. The van der Waals surface area contributed by atoms with Crippen molar-refractivity contribution >= 4 is 55.7 Å². The van der Waals surface area contributed by atoms with E-state index in [1.165, 1.54) is 0 Å². The van der Waals surface area contributed by atoms with E-state index < -0.39 is 0 Å². The molecule has 4 aromatic heterocycles. The van der Waals surface area contributed by atoms with Crippen LogP contribution >= 0.6 is 0 Å². The molecule has 0 amide bonds. The van der Waals surface area contributed by atoms with Gasteiger partial charge in [0.25, 0.3) is 0 Å². The zero-order valence-electron chi connectivity index (χ0n) is 28.8. The number of aromatic nitrogens is 6. The van der Waals surface area contributed by atoms with Gasteiger partial charge in [-0.1, -0.05) is 88.4 Å². The Morgan fingerprint density at radius 3 is 1.61 bits per heavy atom. The van der Waals surface area contributed by atoms with Gasteiger partial charge in [0.2, 0.25) is 11.6 Å². The molecule has 0 saturated carbocycles. The zero-order valence-corrected chi connectivity index (χ0v) is 28.8. The first-order chi connectivity index (χ1) is 24.8. The topological polar surface area (TPSA) is 53.7 Å². The number of para-hydroxylation sites is 9. The lowest BCUT2D eigenvalue weighted by Gasteiger charge is -2.41. The quantitative estimate of drug-likeness (QED) is 0.185. The summed E-state index contributed by atoms with van der Waals surface area (Å²) < 4.78 is 16.3. The smallest absolute Gasteiger partial charge is 0.220 e. The van der Waals surface area contributed by atoms with Crippen LogP contribution in [0.15, 0.2) is 133 Å². The summed E-state index contributed by atoms with van der Waals surface area (Å²) in [5.74, 6) is 3.46. The van der Waals surface area contributed by atoms with Crippen molar-refractivity contribution in [1.29, 1.82) is 0 Å². The molecule has 246 valence electrons. The number of imidazole rings is 4. The molecule has 7 nitrogen and oxygen atoms in total. The second-order valence-corrected chi connectivity index (χ2v) is 14.8. The summed E-state index contributed by atoms with van der Waals surface area (Å²) in [6.45, 7) is 9.38. The zero-order chi connectivity index (χ0) is 34.2. The first-order valence-corrected chi connectivity index (χ1v) is 17.5. The average molecular weight is 663 g/mol. The standard InChI is InChI=1S/C44H34N6O/c1-43(2)28-14-13-23-38(50-37-22-12-11-21-36(37)49-33-18-8-6-16-31(33)46-42(49)50)40(28)51-39-25-24-27(26-29(39)44(43,3)4)47-34-19-9-10-20-35(34)48-32-17-7-5-15-30(32)45-41(47)48/h5-26H,1-4H3. The van der Waals surface area contributed by atoms with Crippen LogP contribution in [0.4, 0.5) is 0 Å². The number of rotatable bonds is 2. The minimum Gasteiger partial charge on any atom is -0.455 e. The molecule has 0 fully saturated rings. The summed E-state index contributed by atoms with van der Waals surface area (Å²) in [5, 5.41) is 0. The first kappa shape index (κ1) is 28.5. The van der Waals surface area contributed by atoms with Gasteiger partial charge in [0.1, 0.15) is 5.75 Å². The SMILES string of the molecule is CC1(C)c2cc(-n3c4ccccc4n4c5ccccc5nc34)ccc2Oc2c(-n3c4ccccc4n4c5ccccc5nc34)cccc2C1(C)C. The lowest BCUT2D eigenvalue weighted by atomic mass is 9.61. The second kappa shape index (κ2) is 9.67. The van der Waals surface area contributed by atoms with Crippen LogP contribution in [0.2, 0.25) is 0 Å². The molecule has 0 N–H and O–H groups in total. The van der Waals surface area contributed by atoms with E-state index >= 15 is 0 Å². The monoisotopic (exact) mass is 662 g/mol. The highest BCUT2D eigenvalue weighted by atomic mass is 16.5. The molecular formula is C44H34N6O. The van der Waals surface area contributed by atoms with Crippen molar-refractivity contribution in [1.82, 2.24) is 27.9 Å². The fourth-order valence-corrected chi connectivity index (χ4v) is 8.51. The Labute approximate surface area is 293 Å². The first-order valence-electron chi connectivity index (χ1n) is 17.5. The normalized spacial score (nSPS) is 15.1. The van der Waals surface area contributed by atoms with E-state index in [9.17, 15) is 0 Å². The third kappa shape index (κ3) is 3.57. The van der Waals surface area contributed by atoms with Crippen LogP contribution in [-0.2, 0) is 10.8 Å². The molecule has 5 heterocycles. The van der Waals surface area contributed by atoms with Gasteiger partial charge in [0.15, 0.2) is 5.75 Å². The molecule has 0 atom stereocenters. The Kier molecular flexibility index (Phi) is 5.40. The van der Waals surface area contributed by atoms with Crippen molar-refractivity contribution in [3.05, 3.63) is 145 Å². The van der Waals surface area contributed by atoms with Crippen LogP contribution in [0, 0.1) is 0 Å². The van der Waals surface area contributed by atoms with Gasteiger partial charge in [0, 0.05) is 27.6 Å². The minimum absolute atomic E-state index is 0.322. The Bertz CT molecular complexity index is 3070. The van der Waals surface area contributed by atoms with Crippen molar-refractivity contribution in [2.24, 2.45) is 0 Å². The molecule has 7 heteroatoms. The molecular weight excluding hydrogens is 629 g/mol. The predicted octanol–water partition coefficient (Wildman–Crippen LogP) is 10.5. The van der Waals surface area contributed by atoms with Crippen molar-refractivity contribution in [2.45, 2.75) is 38.5 Å². The Morgan fingerprint density at radius 2 is 0.980 bits per heavy atom. The molecule has 0 saturated heterocycles. The third-order valence-electron chi connectivity index (χ3n) is 11.8. The summed E-state index contributed by atoms with van der Waals surface area (Å²) in [5.41, 5.74) is 12.2. The van der Waals surface area contributed by atoms with E-state index in [2.05, 4.69) is 167 Å². The maximum absolute atomic E-state index is 7.21. The van der Waals surface area contributed by atoms with Crippen LogP contribution in [0.25, 0.3) is 67.1 Å². The fourth-order valence-electron chi connectivity index (χ4n) is 8.51. The second-order valence-electron chi connectivity index (χ2n) is 14.8. The third-order valence-corrected chi connectivity index (χ3v) is 11.8. The van der Waals surface area contributed by atoms with Gasteiger partial charge in [0.05, 0.1) is 49.8 Å². The van der Waals surface area contributed by atoms with E-state index in [1.54, 1.807) is 0 Å². The number of fused-ring (bicyclic) bond motifs is 12. The van der Waals surface area contributed by atoms with Gasteiger partial charge in [-0.3, -0.25) is 17.9 Å². The van der Waals surface area contributed by atoms with Gasteiger partial charge in [-0.2, -0.15) is 0 Å². The van der Waals surface area contributed by atoms with Crippen LogP contribution in [0.5, 0.6) is 11.5 Å². The van der Waals surface area contributed by atoms with Crippen molar-refractivity contribution in [3.8, 4) is 22.9 Å². The summed E-state index contributed by atoms with van der Waals surface area (Å²) in [4.78, 5) is 10.3. The Hall–Kier alpha value is -6.34.